The highest BCUT2D eigenvalue weighted by Crippen LogP contribution is 2.24. The molecule has 0 fully saturated rings. The van der Waals surface area contributed by atoms with Crippen molar-refractivity contribution >= 4 is 5.82 Å². The van der Waals surface area contributed by atoms with Gasteiger partial charge in [0.15, 0.2) is 0 Å². The van der Waals surface area contributed by atoms with E-state index in [1.54, 1.807) is 0 Å². The van der Waals surface area contributed by atoms with Gasteiger partial charge in [-0.05, 0) is 13.3 Å². The number of aromatic nitrogens is 2. The maximum absolute atomic E-state index is 5.76. The van der Waals surface area contributed by atoms with Crippen molar-refractivity contribution in [3.05, 3.63) is 11.8 Å². The minimum Gasteiger partial charge on any atom is -0.355 e. The predicted molar refractivity (Wildman–Crippen MR) is 68.5 cm³/mol. The zero-order valence-electron chi connectivity index (χ0n) is 11.0. The molecule has 0 radical (unpaired) electrons. The Morgan fingerprint density at radius 3 is 2.56 bits per heavy atom. The molecule has 1 aromatic rings. The maximum atomic E-state index is 5.76. The van der Waals surface area contributed by atoms with Gasteiger partial charge in [-0.3, -0.25) is 0 Å². The van der Waals surface area contributed by atoms with Gasteiger partial charge in [0.25, 0.3) is 0 Å². The van der Waals surface area contributed by atoms with Crippen LogP contribution in [0.2, 0.25) is 0 Å². The smallest absolute Gasteiger partial charge is 0.125 e. The average molecular weight is 224 g/mol. The van der Waals surface area contributed by atoms with Crippen molar-refractivity contribution in [1.82, 2.24) is 9.78 Å². The maximum Gasteiger partial charge on any atom is 0.125 e. The number of anilines is 1. The summed E-state index contributed by atoms with van der Waals surface area (Å²) in [5.74, 6) is 1.02. The summed E-state index contributed by atoms with van der Waals surface area (Å²) in [6, 6.07) is 2.10. The fourth-order valence-electron chi connectivity index (χ4n) is 1.51. The highest BCUT2D eigenvalue weighted by atomic mass is 15.3. The Morgan fingerprint density at radius 1 is 1.50 bits per heavy atom. The van der Waals surface area contributed by atoms with E-state index in [-0.39, 0.29) is 11.6 Å². The zero-order chi connectivity index (χ0) is 12.3. The second kappa shape index (κ2) is 4.87. The van der Waals surface area contributed by atoms with Crippen LogP contribution in [-0.2, 0) is 12.0 Å². The van der Waals surface area contributed by atoms with Crippen molar-refractivity contribution in [1.29, 1.82) is 0 Å². The van der Waals surface area contributed by atoms with Gasteiger partial charge < -0.3 is 11.1 Å². The van der Waals surface area contributed by atoms with E-state index in [0.717, 1.165) is 24.5 Å². The van der Waals surface area contributed by atoms with Gasteiger partial charge in [0.05, 0.1) is 11.9 Å². The average Bonchev–Trinajstić information content (AvgIpc) is 2.47. The third-order valence-corrected chi connectivity index (χ3v) is 2.36. The molecule has 3 N–H and O–H groups in total. The van der Waals surface area contributed by atoms with E-state index in [0.29, 0.717) is 0 Å². The Balaban J connectivity index is 3.00. The number of rotatable bonds is 4. The largest absolute Gasteiger partial charge is 0.355 e. The van der Waals surface area contributed by atoms with Gasteiger partial charge in [-0.1, -0.05) is 27.7 Å². The van der Waals surface area contributed by atoms with Crippen LogP contribution in [0.3, 0.4) is 0 Å². The van der Waals surface area contributed by atoms with Crippen LogP contribution in [-0.4, -0.2) is 15.9 Å². The van der Waals surface area contributed by atoms with Crippen LogP contribution in [0.5, 0.6) is 0 Å². The molecular weight excluding hydrogens is 200 g/mol. The van der Waals surface area contributed by atoms with E-state index in [9.17, 15) is 0 Å². The summed E-state index contributed by atoms with van der Waals surface area (Å²) in [6.45, 7) is 11.5. The molecule has 4 heteroatoms. The Hall–Kier alpha value is -1.03. The lowest BCUT2D eigenvalue weighted by Crippen LogP contribution is -2.26. The summed E-state index contributed by atoms with van der Waals surface area (Å²) >= 11 is 0. The van der Waals surface area contributed by atoms with Gasteiger partial charge in [-0.25, -0.2) is 4.68 Å². The number of nitrogens with two attached hydrogens (primary N) is 1. The summed E-state index contributed by atoms with van der Waals surface area (Å²) in [7, 11) is 0. The number of hydrogen-bond acceptors (Lipinski definition) is 3. The molecule has 92 valence electrons. The minimum atomic E-state index is -0.0554. The van der Waals surface area contributed by atoms with Gasteiger partial charge in [0.2, 0.25) is 0 Å². The first kappa shape index (κ1) is 13.0. The van der Waals surface area contributed by atoms with Crippen molar-refractivity contribution in [3.8, 4) is 0 Å². The summed E-state index contributed by atoms with van der Waals surface area (Å²) in [5.41, 5.74) is 6.93. The fourth-order valence-corrected chi connectivity index (χ4v) is 1.51. The molecule has 1 rings (SSSR count). The lowest BCUT2D eigenvalue weighted by atomic mass is 9.92. The first-order chi connectivity index (χ1) is 7.34. The first-order valence-corrected chi connectivity index (χ1v) is 5.95. The van der Waals surface area contributed by atoms with Crippen LogP contribution in [0.1, 0.15) is 46.7 Å². The van der Waals surface area contributed by atoms with Crippen LogP contribution in [0.25, 0.3) is 0 Å². The molecule has 0 amide bonds. The summed E-state index contributed by atoms with van der Waals surface area (Å²) < 4.78 is 2.00. The van der Waals surface area contributed by atoms with Crippen LogP contribution >= 0.6 is 0 Å². The molecular formula is C12H24N4. The lowest BCUT2D eigenvalue weighted by molar-refractivity contribution is 0.529. The first-order valence-electron chi connectivity index (χ1n) is 5.95. The Morgan fingerprint density at radius 2 is 2.12 bits per heavy atom. The van der Waals surface area contributed by atoms with Gasteiger partial charge in [-0.2, -0.15) is 5.10 Å². The van der Waals surface area contributed by atoms with Crippen molar-refractivity contribution in [2.24, 2.45) is 5.73 Å². The van der Waals surface area contributed by atoms with Gasteiger partial charge >= 0.3 is 0 Å². The van der Waals surface area contributed by atoms with Crippen molar-refractivity contribution in [3.63, 3.8) is 0 Å². The molecule has 1 atom stereocenters. The second-order valence-corrected chi connectivity index (χ2v) is 5.32. The number of nitrogens with zero attached hydrogens (tertiary/aromatic N) is 2. The molecule has 0 aromatic carbocycles. The van der Waals surface area contributed by atoms with E-state index in [1.807, 2.05) is 11.6 Å². The molecule has 16 heavy (non-hydrogen) atoms. The SMILES string of the molecule is CCCn1nc(C(C)(C)C)cc1NC(C)N. The van der Waals surface area contributed by atoms with Gasteiger partial charge in [0, 0.05) is 18.0 Å². The van der Waals surface area contributed by atoms with E-state index in [4.69, 9.17) is 5.73 Å². The lowest BCUT2D eigenvalue weighted by Gasteiger charge is -2.13. The molecule has 0 aliphatic heterocycles. The van der Waals surface area contributed by atoms with Crippen molar-refractivity contribution in [2.75, 3.05) is 5.32 Å². The third kappa shape index (κ3) is 3.23. The van der Waals surface area contributed by atoms with Crippen LogP contribution in [0.4, 0.5) is 5.82 Å². The molecule has 0 saturated heterocycles. The van der Waals surface area contributed by atoms with E-state index < -0.39 is 0 Å². The Labute approximate surface area is 98.2 Å². The van der Waals surface area contributed by atoms with Gasteiger partial charge in [0.1, 0.15) is 5.82 Å². The summed E-state index contributed by atoms with van der Waals surface area (Å²) in [4.78, 5) is 0. The second-order valence-electron chi connectivity index (χ2n) is 5.32. The Kier molecular flexibility index (Phi) is 3.97. The van der Waals surface area contributed by atoms with Gasteiger partial charge in [-0.15, -0.1) is 0 Å². The monoisotopic (exact) mass is 224 g/mol. The minimum absolute atomic E-state index is 0.0554. The molecule has 0 aliphatic carbocycles. The Bertz CT molecular complexity index is 333. The van der Waals surface area contributed by atoms with Crippen LogP contribution in [0.15, 0.2) is 6.07 Å². The molecule has 0 saturated carbocycles. The topological polar surface area (TPSA) is 55.9 Å². The van der Waals surface area contributed by atoms with Crippen LogP contribution in [0, 0.1) is 0 Å². The molecule has 1 unspecified atom stereocenters. The normalized spacial score (nSPS) is 13.9. The van der Waals surface area contributed by atoms with E-state index in [2.05, 4.69) is 44.2 Å². The quantitative estimate of drug-likeness (QED) is 0.772. The molecule has 4 nitrogen and oxygen atoms in total. The zero-order valence-corrected chi connectivity index (χ0v) is 11.0. The summed E-state index contributed by atoms with van der Waals surface area (Å²) in [5, 5.41) is 7.85. The van der Waals surface area contributed by atoms with Crippen molar-refractivity contribution in [2.45, 2.75) is 59.2 Å². The molecule has 1 aromatic heterocycles. The standard InChI is InChI=1S/C12H24N4/c1-6-7-16-11(14-9(2)13)8-10(15-16)12(3,4)5/h8-9,14H,6-7,13H2,1-5H3. The predicted octanol–water partition coefficient (Wildman–Crippen LogP) is 2.31. The van der Waals surface area contributed by atoms with Crippen molar-refractivity contribution < 1.29 is 0 Å². The van der Waals surface area contributed by atoms with Crippen LogP contribution < -0.4 is 11.1 Å². The summed E-state index contributed by atoms with van der Waals surface area (Å²) in [6.07, 6.45) is 1.01. The highest BCUT2D eigenvalue weighted by Gasteiger charge is 2.19. The molecule has 1 heterocycles. The number of hydrogen-bond donors (Lipinski definition) is 2. The fraction of sp³-hybridized carbons (Fsp3) is 0.750. The third-order valence-electron chi connectivity index (χ3n) is 2.36. The molecule has 0 aliphatic rings. The van der Waals surface area contributed by atoms with E-state index in [1.165, 1.54) is 0 Å². The highest BCUT2D eigenvalue weighted by molar-refractivity contribution is 5.39. The molecule has 0 bridgehead atoms. The number of nitrogens with one attached hydrogen (secondary N) is 1. The number of aryl methyl sites for hydroxylation is 1. The van der Waals surface area contributed by atoms with E-state index >= 15 is 0 Å². The molecule has 0 spiro atoms.